The Kier molecular flexibility index (Phi) is 11.3. The quantitative estimate of drug-likeness (QED) is 0.183. The Hall–Kier alpha value is -5.46. The van der Waals surface area contributed by atoms with Gasteiger partial charge in [-0.1, -0.05) is 6.08 Å². The zero-order valence-electron chi connectivity index (χ0n) is 33.4. The van der Waals surface area contributed by atoms with Crippen LogP contribution in [0.25, 0.3) is 10.8 Å². The summed E-state index contributed by atoms with van der Waals surface area (Å²) >= 11 is 0. The second-order valence-corrected chi connectivity index (χ2v) is 18.8. The number of nitrogens with one attached hydrogen (secondary N) is 3. The Labute approximate surface area is 341 Å². The van der Waals surface area contributed by atoms with Crippen LogP contribution in [0.1, 0.15) is 72.1 Å². The van der Waals surface area contributed by atoms with E-state index in [0.717, 1.165) is 5.39 Å². The van der Waals surface area contributed by atoms with Crippen LogP contribution in [-0.4, -0.2) is 126 Å². The van der Waals surface area contributed by atoms with Crippen LogP contribution in [0.4, 0.5) is 4.79 Å². The molecular formula is C40H50N6O12S. The first kappa shape index (κ1) is 41.7. The van der Waals surface area contributed by atoms with Crippen LogP contribution in [0.5, 0.6) is 11.6 Å². The third-order valence-corrected chi connectivity index (χ3v) is 13.2. The molecule has 3 N–H and O–H groups in total. The van der Waals surface area contributed by atoms with Gasteiger partial charge in [-0.05, 0) is 88.9 Å². The number of esters is 1. The number of ether oxygens (including phenoxy) is 4. The molecule has 5 amide bonds. The van der Waals surface area contributed by atoms with Gasteiger partial charge < -0.3 is 39.4 Å². The van der Waals surface area contributed by atoms with Crippen molar-refractivity contribution in [1.82, 2.24) is 30.1 Å². The molecule has 1 aromatic heterocycles. The summed E-state index contributed by atoms with van der Waals surface area (Å²) in [6.45, 7) is 8.75. The number of methoxy groups -OCH3 is 1. The number of hydrogen-bond acceptors (Lipinski definition) is 13. The van der Waals surface area contributed by atoms with Crippen molar-refractivity contribution in [3.8, 4) is 11.6 Å². The lowest BCUT2D eigenvalue weighted by molar-refractivity contribution is -0.181. The predicted octanol–water partition coefficient (Wildman–Crippen LogP) is 1.85. The molecule has 2 aliphatic carbocycles. The number of pyridine rings is 1. The van der Waals surface area contributed by atoms with E-state index in [1.54, 1.807) is 58.3 Å². The Balaban J connectivity index is 1.16. The summed E-state index contributed by atoms with van der Waals surface area (Å²) in [4.78, 5) is 89.0. The standard InChI is InChI=1S/C40H50N6O12S/c1-6-23-19-40(23,37(51)44-59(53,54)27-9-10-27)43-33(48)31-18-26(56-34-28-11-7-24(55-5)17-22(28)15-16-41-34)21-46(31)35(49)29(42-38(52)58-39(2,3)4)12-14-32(47)45-20-25-8-13-30(45)36(50)57-25/h6-7,11,15-17,23,25-27,29-31H,1,8-10,12-14,18-21H2,2-5H3,(H,42,52)(H,43,48)(H,44,51)/t23-,25+,26?,29+,30+,31+,40-/m1/s1. The highest BCUT2D eigenvalue weighted by Gasteiger charge is 2.62. The summed E-state index contributed by atoms with van der Waals surface area (Å²) in [5.41, 5.74) is -2.58. The number of aromatic nitrogens is 1. The average Bonchev–Trinajstić information content (AvgIpc) is 4.12. The van der Waals surface area contributed by atoms with Gasteiger partial charge in [0.1, 0.15) is 47.2 Å². The lowest BCUT2D eigenvalue weighted by Gasteiger charge is -2.43. The molecule has 2 aromatic rings. The topological polar surface area (TPSA) is 229 Å². The Bertz CT molecular complexity index is 2170. The fourth-order valence-corrected chi connectivity index (χ4v) is 9.38. The number of fused-ring (bicyclic) bond motifs is 4. The van der Waals surface area contributed by atoms with Gasteiger partial charge in [-0.15, -0.1) is 6.58 Å². The summed E-state index contributed by atoms with van der Waals surface area (Å²) in [6, 6.07) is 3.67. The molecule has 318 valence electrons. The van der Waals surface area contributed by atoms with Gasteiger partial charge in [0, 0.05) is 30.3 Å². The Morgan fingerprint density at radius 1 is 1.08 bits per heavy atom. The minimum atomic E-state index is -3.96. The van der Waals surface area contributed by atoms with Gasteiger partial charge in [-0.25, -0.2) is 23.0 Å². The molecule has 4 saturated heterocycles. The monoisotopic (exact) mass is 838 g/mol. The van der Waals surface area contributed by atoms with Crippen LogP contribution in [0.3, 0.4) is 0 Å². The molecule has 0 spiro atoms. The number of hydrogen-bond donors (Lipinski definition) is 3. The molecule has 6 fully saturated rings. The Morgan fingerprint density at radius 3 is 2.49 bits per heavy atom. The molecule has 4 aliphatic heterocycles. The number of rotatable bonds is 14. The van der Waals surface area contributed by atoms with Crippen molar-refractivity contribution in [3.05, 3.63) is 43.1 Å². The normalized spacial score (nSPS) is 26.6. The van der Waals surface area contributed by atoms with Crippen LogP contribution in [0.15, 0.2) is 43.1 Å². The van der Waals surface area contributed by atoms with Crippen molar-refractivity contribution in [2.75, 3.05) is 20.2 Å². The third-order valence-electron chi connectivity index (χ3n) is 11.4. The van der Waals surface area contributed by atoms with Crippen molar-refractivity contribution in [3.63, 3.8) is 0 Å². The van der Waals surface area contributed by atoms with E-state index in [0.29, 0.717) is 36.8 Å². The number of sulfonamides is 1. The molecule has 6 aliphatic rings. The number of nitrogens with zero attached hydrogens (tertiary/aromatic N) is 3. The summed E-state index contributed by atoms with van der Waals surface area (Å²) < 4.78 is 50.2. The molecule has 7 atom stereocenters. The third kappa shape index (κ3) is 8.94. The van der Waals surface area contributed by atoms with E-state index in [2.05, 4.69) is 26.9 Å². The second kappa shape index (κ2) is 16.0. The second-order valence-electron chi connectivity index (χ2n) is 16.8. The highest BCUT2D eigenvalue weighted by molar-refractivity contribution is 7.91. The number of benzene rings is 1. The van der Waals surface area contributed by atoms with Crippen molar-refractivity contribution in [1.29, 1.82) is 0 Å². The van der Waals surface area contributed by atoms with Gasteiger partial charge in [-0.3, -0.25) is 23.9 Å². The van der Waals surface area contributed by atoms with Crippen LogP contribution < -0.4 is 24.8 Å². The van der Waals surface area contributed by atoms with Gasteiger partial charge in [-0.2, -0.15) is 0 Å². The highest BCUT2D eigenvalue weighted by Crippen LogP contribution is 2.45. The predicted molar refractivity (Wildman–Crippen MR) is 209 cm³/mol. The Morgan fingerprint density at radius 2 is 1.85 bits per heavy atom. The van der Waals surface area contributed by atoms with Crippen LogP contribution >= 0.6 is 0 Å². The van der Waals surface area contributed by atoms with Gasteiger partial charge in [0.2, 0.25) is 33.6 Å². The molecule has 1 aromatic carbocycles. The minimum absolute atomic E-state index is 0.0784. The number of carbonyl (C=O) groups excluding carboxylic acids is 6. The molecule has 0 radical (unpaired) electrons. The van der Waals surface area contributed by atoms with E-state index < -0.39 is 98.4 Å². The van der Waals surface area contributed by atoms with E-state index in [1.807, 2.05) is 0 Å². The molecule has 1 unspecified atom stereocenters. The zero-order valence-corrected chi connectivity index (χ0v) is 34.2. The molecule has 18 nitrogen and oxygen atoms in total. The van der Waals surface area contributed by atoms with Crippen LogP contribution in [0.2, 0.25) is 0 Å². The zero-order chi connectivity index (χ0) is 42.4. The molecule has 8 rings (SSSR count). The van der Waals surface area contributed by atoms with E-state index in [4.69, 9.17) is 18.9 Å². The first-order chi connectivity index (χ1) is 27.9. The highest BCUT2D eigenvalue weighted by atomic mass is 32.2. The van der Waals surface area contributed by atoms with Crippen molar-refractivity contribution in [2.45, 2.75) is 119 Å². The average molecular weight is 839 g/mol. The van der Waals surface area contributed by atoms with E-state index in [1.165, 1.54) is 15.9 Å². The van der Waals surface area contributed by atoms with Crippen LogP contribution in [-0.2, 0) is 43.5 Å². The summed E-state index contributed by atoms with van der Waals surface area (Å²) in [7, 11) is -2.42. The maximum atomic E-state index is 14.7. The smallest absolute Gasteiger partial charge is 0.408 e. The van der Waals surface area contributed by atoms with Crippen LogP contribution in [0, 0.1) is 5.92 Å². The molecule has 59 heavy (non-hydrogen) atoms. The summed E-state index contributed by atoms with van der Waals surface area (Å²) in [6.07, 6.45) is 2.29. The molecule has 19 heteroatoms. The SMILES string of the molecule is C=C[C@@H]1C[C@]1(NC(=O)[C@@H]1CC(Oc2nccc3cc(OC)ccc23)CN1C(=O)[C@H](CCC(=O)N1C[C@@H]2CC[C@H]1C(=O)O2)NC(=O)OC(C)(C)C)C(=O)NS(=O)(=O)C1CC1. The number of amides is 5. The van der Waals surface area contributed by atoms with Crippen molar-refractivity contribution >= 4 is 56.5 Å². The van der Waals surface area contributed by atoms with Crippen molar-refractivity contribution < 1.29 is 56.1 Å². The lowest BCUT2D eigenvalue weighted by atomic mass is 9.95. The lowest BCUT2D eigenvalue weighted by Crippen LogP contribution is -2.59. The largest absolute Gasteiger partial charge is 0.497 e. The van der Waals surface area contributed by atoms with Gasteiger partial charge in [0.05, 0.1) is 25.4 Å². The van der Waals surface area contributed by atoms with E-state index >= 15 is 0 Å². The van der Waals surface area contributed by atoms with Crippen molar-refractivity contribution in [2.24, 2.45) is 5.92 Å². The molecule has 5 heterocycles. The number of carbonyl (C=O) groups is 6. The fraction of sp³-hybridized carbons (Fsp3) is 0.575. The number of morpholine rings is 1. The molecular weight excluding hydrogens is 789 g/mol. The first-order valence-electron chi connectivity index (χ1n) is 19.8. The van der Waals surface area contributed by atoms with Gasteiger partial charge in [0.15, 0.2) is 0 Å². The van der Waals surface area contributed by atoms with Gasteiger partial charge in [0.25, 0.3) is 5.91 Å². The van der Waals surface area contributed by atoms with E-state index in [9.17, 15) is 37.2 Å². The fourth-order valence-electron chi connectivity index (χ4n) is 8.02. The number of likely N-dealkylation sites (tertiary alicyclic amines) is 1. The summed E-state index contributed by atoms with van der Waals surface area (Å²) in [5.74, 6) is -3.06. The van der Waals surface area contributed by atoms with Gasteiger partial charge >= 0.3 is 12.1 Å². The first-order valence-corrected chi connectivity index (χ1v) is 21.4. The van der Waals surface area contributed by atoms with E-state index in [-0.39, 0.29) is 44.7 Å². The molecule has 2 bridgehead atoms. The molecule has 2 saturated carbocycles. The number of alkyl carbamates (subject to hydrolysis) is 1. The maximum absolute atomic E-state index is 14.7. The maximum Gasteiger partial charge on any atom is 0.408 e. The minimum Gasteiger partial charge on any atom is -0.497 e. The number of piperidine rings is 1. The summed E-state index contributed by atoms with van der Waals surface area (Å²) in [5, 5.41) is 6.04.